The lowest BCUT2D eigenvalue weighted by atomic mass is 10.1. The Morgan fingerprint density at radius 1 is 0.848 bits per heavy atom. The molecule has 7 heteroatoms. The molecule has 1 aromatic heterocycles. The van der Waals surface area contributed by atoms with Crippen molar-refractivity contribution in [3.8, 4) is 0 Å². The Morgan fingerprint density at radius 3 is 2.09 bits per heavy atom. The molecule has 33 heavy (non-hydrogen) atoms. The maximum Gasteiger partial charge on any atom is 0.354 e. The third kappa shape index (κ3) is 4.25. The summed E-state index contributed by atoms with van der Waals surface area (Å²) in [7, 11) is 0. The van der Waals surface area contributed by atoms with E-state index in [9.17, 15) is 10.1 Å². The fourth-order valence-electron chi connectivity index (χ4n) is 4.32. The minimum atomic E-state index is -0.353. The second-order valence-electron chi connectivity index (χ2n) is 7.98. The average Bonchev–Trinajstić information content (AvgIpc) is 3.28. The van der Waals surface area contributed by atoms with Gasteiger partial charge in [-0.05, 0) is 29.2 Å². The number of hydrogen-bond acceptors (Lipinski definition) is 6. The SMILES string of the molecule is O=[N+]([O-])c1c(N(Cc2ccccc2)Cc2ccccc2)ncnc1N1CCc2ccccc21. The van der Waals surface area contributed by atoms with Gasteiger partial charge in [0.15, 0.2) is 0 Å². The van der Waals surface area contributed by atoms with Crippen molar-refractivity contribution in [1.82, 2.24) is 9.97 Å². The van der Waals surface area contributed by atoms with Crippen molar-refractivity contribution in [3.05, 3.63) is 118 Å². The summed E-state index contributed by atoms with van der Waals surface area (Å²) >= 11 is 0. The number of para-hydroxylation sites is 1. The molecule has 4 aromatic rings. The van der Waals surface area contributed by atoms with Crippen molar-refractivity contribution >= 4 is 23.0 Å². The molecule has 0 saturated heterocycles. The van der Waals surface area contributed by atoms with E-state index in [1.165, 1.54) is 6.33 Å². The molecule has 0 aliphatic carbocycles. The van der Waals surface area contributed by atoms with Crippen LogP contribution < -0.4 is 9.80 Å². The maximum absolute atomic E-state index is 12.4. The number of rotatable bonds is 7. The predicted octanol–water partition coefficient (Wildman–Crippen LogP) is 5.29. The Balaban J connectivity index is 1.60. The first-order chi connectivity index (χ1) is 16.2. The van der Waals surface area contributed by atoms with Crippen molar-refractivity contribution in [1.29, 1.82) is 0 Å². The summed E-state index contributed by atoms with van der Waals surface area (Å²) in [6.45, 7) is 1.63. The standard InChI is InChI=1S/C26H23N5O2/c32-31(33)24-25(27-19-28-26(24)30-16-15-22-13-7-8-14-23(22)30)29(17-20-9-3-1-4-10-20)18-21-11-5-2-6-12-21/h1-14,19H,15-18H2. The van der Waals surface area contributed by atoms with Crippen LogP contribution in [0.15, 0.2) is 91.3 Å². The van der Waals surface area contributed by atoms with Crippen LogP contribution in [0.25, 0.3) is 0 Å². The molecule has 164 valence electrons. The lowest BCUT2D eigenvalue weighted by Crippen LogP contribution is -2.26. The normalized spacial score (nSPS) is 12.4. The number of nitrogens with zero attached hydrogens (tertiary/aromatic N) is 5. The second kappa shape index (κ2) is 9.08. The van der Waals surface area contributed by atoms with Gasteiger partial charge in [0.25, 0.3) is 0 Å². The van der Waals surface area contributed by atoms with E-state index >= 15 is 0 Å². The van der Waals surface area contributed by atoms with Crippen LogP contribution in [0.1, 0.15) is 16.7 Å². The molecule has 5 rings (SSSR count). The van der Waals surface area contributed by atoms with Crippen LogP contribution in [-0.2, 0) is 19.5 Å². The topological polar surface area (TPSA) is 75.4 Å². The summed E-state index contributed by atoms with van der Waals surface area (Å²) < 4.78 is 0. The molecule has 1 aliphatic heterocycles. The molecule has 0 radical (unpaired) electrons. The minimum absolute atomic E-state index is 0.0685. The van der Waals surface area contributed by atoms with Crippen LogP contribution in [0.3, 0.4) is 0 Å². The Morgan fingerprint density at radius 2 is 1.45 bits per heavy atom. The van der Waals surface area contributed by atoms with Crippen molar-refractivity contribution in [3.63, 3.8) is 0 Å². The lowest BCUT2D eigenvalue weighted by molar-refractivity contribution is -0.383. The number of benzene rings is 3. The highest BCUT2D eigenvalue weighted by atomic mass is 16.6. The van der Waals surface area contributed by atoms with E-state index in [0.29, 0.717) is 31.3 Å². The van der Waals surface area contributed by atoms with Gasteiger partial charge in [-0.15, -0.1) is 0 Å². The Kier molecular flexibility index (Phi) is 5.68. The monoisotopic (exact) mass is 437 g/mol. The first-order valence-corrected chi connectivity index (χ1v) is 10.9. The lowest BCUT2D eigenvalue weighted by Gasteiger charge is -2.26. The molecule has 0 fully saturated rings. The molecule has 0 unspecified atom stereocenters. The van der Waals surface area contributed by atoms with Gasteiger partial charge in [-0.2, -0.15) is 0 Å². The average molecular weight is 438 g/mol. The largest absolute Gasteiger partial charge is 0.354 e. The van der Waals surface area contributed by atoms with Gasteiger partial charge in [-0.25, -0.2) is 9.97 Å². The summed E-state index contributed by atoms with van der Waals surface area (Å²) in [5.74, 6) is 0.656. The summed E-state index contributed by atoms with van der Waals surface area (Å²) in [6.07, 6.45) is 2.26. The van der Waals surface area contributed by atoms with Gasteiger partial charge in [0.2, 0.25) is 11.6 Å². The van der Waals surface area contributed by atoms with Crippen LogP contribution in [-0.4, -0.2) is 21.4 Å². The van der Waals surface area contributed by atoms with Crippen molar-refractivity contribution in [2.24, 2.45) is 0 Å². The van der Waals surface area contributed by atoms with Gasteiger partial charge in [-0.1, -0.05) is 78.9 Å². The number of anilines is 3. The van der Waals surface area contributed by atoms with Gasteiger partial charge in [-0.3, -0.25) is 10.1 Å². The van der Waals surface area contributed by atoms with Crippen LogP contribution in [0.4, 0.5) is 23.0 Å². The number of nitro groups is 1. The zero-order valence-corrected chi connectivity index (χ0v) is 18.0. The Labute approximate surface area is 192 Å². The van der Waals surface area contributed by atoms with Gasteiger partial charge < -0.3 is 9.80 Å². The van der Waals surface area contributed by atoms with E-state index in [1.54, 1.807) is 0 Å². The molecule has 0 amide bonds. The molecule has 1 aliphatic rings. The molecule has 3 aromatic carbocycles. The third-order valence-corrected chi connectivity index (χ3v) is 5.84. The highest BCUT2D eigenvalue weighted by Crippen LogP contribution is 2.41. The van der Waals surface area contributed by atoms with Crippen LogP contribution in [0.2, 0.25) is 0 Å². The maximum atomic E-state index is 12.4. The number of fused-ring (bicyclic) bond motifs is 1. The highest BCUT2D eigenvalue weighted by Gasteiger charge is 2.33. The fraction of sp³-hybridized carbons (Fsp3) is 0.154. The predicted molar refractivity (Wildman–Crippen MR) is 129 cm³/mol. The van der Waals surface area contributed by atoms with E-state index in [-0.39, 0.29) is 10.6 Å². The van der Waals surface area contributed by atoms with Crippen LogP contribution in [0, 0.1) is 10.1 Å². The first kappa shape index (κ1) is 20.6. The molecule has 2 heterocycles. The van der Waals surface area contributed by atoms with Crippen LogP contribution >= 0.6 is 0 Å². The van der Waals surface area contributed by atoms with Gasteiger partial charge in [0, 0.05) is 25.3 Å². The summed E-state index contributed by atoms with van der Waals surface area (Å²) in [5, 5.41) is 12.4. The van der Waals surface area contributed by atoms with Gasteiger partial charge >= 0.3 is 5.69 Å². The smallest absolute Gasteiger partial charge is 0.342 e. The van der Waals surface area contributed by atoms with E-state index in [1.807, 2.05) is 88.7 Å². The second-order valence-corrected chi connectivity index (χ2v) is 7.98. The Bertz CT molecular complexity index is 1220. The van der Waals surface area contributed by atoms with E-state index in [2.05, 4.69) is 16.0 Å². The molecule has 0 atom stereocenters. The van der Waals surface area contributed by atoms with Gasteiger partial charge in [0.1, 0.15) is 6.33 Å². The van der Waals surface area contributed by atoms with Crippen molar-refractivity contribution < 1.29 is 4.92 Å². The number of aromatic nitrogens is 2. The minimum Gasteiger partial charge on any atom is -0.342 e. The Hall–Kier alpha value is -4.26. The van der Waals surface area contributed by atoms with Crippen molar-refractivity contribution in [2.45, 2.75) is 19.5 Å². The third-order valence-electron chi connectivity index (χ3n) is 5.84. The first-order valence-electron chi connectivity index (χ1n) is 10.9. The molecule has 0 N–H and O–H groups in total. The summed E-state index contributed by atoms with van der Waals surface area (Å²) in [5.41, 5.74) is 4.16. The van der Waals surface area contributed by atoms with Crippen LogP contribution in [0.5, 0.6) is 0 Å². The highest BCUT2D eigenvalue weighted by molar-refractivity contribution is 5.78. The molecule has 0 spiro atoms. The molecule has 0 bridgehead atoms. The summed E-state index contributed by atoms with van der Waals surface area (Å²) in [4.78, 5) is 24.7. The van der Waals surface area contributed by atoms with E-state index < -0.39 is 0 Å². The zero-order valence-electron chi connectivity index (χ0n) is 18.0. The molecular weight excluding hydrogens is 414 g/mol. The number of hydrogen-bond donors (Lipinski definition) is 0. The van der Waals surface area contributed by atoms with Crippen molar-refractivity contribution in [2.75, 3.05) is 16.3 Å². The van der Waals surface area contributed by atoms with E-state index in [4.69, 9.17) is 0 Å². The molecule has 7 nitrogen and oxygen atoms in total. The fourth-order valence-corrected chi connectivity index (χ4v) is 4.32. The van der Waals surface area contributed by atoms with E-state index in [0.717, 1.165) is 28.8 Å². The quantitative estimate of drug-likeness (QED) is 0.289. The summed E-state index contributed by atoms with van der Waals surface area (Å²) in [6, 6.07) is 27.8. The van der Waals surface area contributed by atoms with Gasteiger partial charge in [0.05, 0.1) is 4.92 Å². The molecular formula is C26H23N5O2. The molecule has 0 saturated carbocycles. The zero-order chi connectivity index (χ0) is 22.6.